The van der Waals surface area contributed by atoms with Crippen LogP contribution in [0.25, 0.3) is 10.9 Å². The molecule has 1 heterocycles. The Bertz CT molecular complexity index is 1040. The van der Waals surface area contributed by atoms with Crippen molar-refractivity contribution in [3.05, 3.63) is 69.0 Å². The first-order valence-corrected chi connectivity index (χ1v) is 9.34. The van der Waals surface area contributed by atoms with E-state index in [0.717, 1.165) is 5.56 Å². The lowest BCUT2D eigenvalue weighted by atomic mass is 10.2. The van der Waals surface area contributed by atoms with E-state index in [4.69, 9.17) is 16.9 Å². The van der Waals surface area contributed by atoms with E-state index in [1.54, 1.807) is 37.3 Å². The molecule has 26 heavy (non-hydrogen) atoms. The number of aromatic nitrogens is 2. The lowest BCUT2D eigenvalue weighted by Crippen LogP contribution is -2.27. The van der Waals surface area contributed by atoms with Crippen LogP contribution < -0.4 is 5.56 Å². The summed E-state index contributed by atoms with van der Waals surface area (Å²) in [5, 5.41) is 20.1. The summed E-state index contributed by atoms with van der Waals surface area (Å²) in [4.78, 5) is 17.4. The van der Waals surface area contributed by atoms with Crippen LogP contribution in [0.15, 0.2) is 52.4 Å². The van der Waals surface area contributed by atoms with Crippen LogP contribution in [-0.2, 0) is 12.3 Å². The van der Waals surface area contributed by atoms with Crippen LogP contribution in [-0.4, -0.2) is 20.8 Å². The highest BCUT2D eigenvalue weighted by Gasteiger charge is 2.14. The van der Waals surface area contributed by atoms with Gasteiger partial charge in [-0.05, 0) is 42.8 Å². The molecule has 5 nitrogen and oxygen atoms in total. The fourth-order valence-corrected chi connectivity index (χ4v) is 3.66. The molecular formula is C19H16ClN3O2S. The van der Waals surface area contributed by atoms with Gasteiger partial charge in [0.1, 0.15) is 0 Å². The minimum absolute atomic E-state index is 0.167. The summed E-state index contributed by atoms with van der Waals surface area (Å²) in [5.41, 5.74) is 1.95. The monoisotopic (exact) mass is 385 g/mol. The molecule has 0 aliphatic rings. The fourth-order valence-electron chi connectivity index (χ4n) is 2.53. The van der Waals surface area contributed by atoms with Crippen molar-refractivity contribution < 1.29 is 5.11 Å². The normalized spacial score (nSPS) is 12.1. The van der Waals surface area contributed by atoms with Crippen LogP contribution in [0.3, 0.4) is 0 Å². The third-order valence-electron chi connectivity index (χ3n) is 3.78. The lowest BCUT2D eigenvalue weighted by Gasteiger charge is -2.14. The largest absolute Gasteiger partial charge is 0.392 e. The highest BCUT2D eigenvalue weighted by atomic mass is 35.5. The van der Waals surface area contributed by atoms with Crippen molar-refractivity contribution in [3.63, 3.8) is 0 Å². The number of aliphatic hydroxyl groups is 1. The van der Waals surface area contributed by atoms with E-state index in [0.29, 0.717) is 32.4 Å². The summed E-state index contributed by atoms with van der Waals surface area (Å²) < 4.78 is 1.50. The standard InChI is InChI=1S/C19H16ClN3O2S/c1-12(24)10-23-18(25)16-7-6-15(20)8-17(16)22-19(23)26-11-14-4-2-13(9-21)3-5-14/h2-8,12,24H,10-11H2,1H3/t12-/m1/s1. The first-order valence-electron chi connectivity index (χ1n) is 7.98. The third-order valence-corrected chi connectivity index (χ3v) is 5.06. The molecule has 0 amide bonds. The van der Waals surface area contributed by atoms with Gasteiger partial charge in [-0.15, -0.1) is 0 Å². The summed E-state index contributed by atoms with van der Waals surface area (Å²) in [5.74, 6) is 0.587. The van der Waals surface area contributed by atoms with Gasteiger partial charge in [-0.25, -0.2) is 4.98 Å². The van der Waals surface area contributed by atoms with E-state index >= 15 is 0 Å². The van der Waals surface area contributed by atoms with Crippen LogP contribution in [0.2, 0.25) is 5.02 Å². The van der Waals surface area contributed by atoms with Crippen molar-refractivity contribution in [3.8, 4) is 6.07 Å². The highest BCUT2D eigenvalue weighted by Crippen LogP contribution is 2.24. The number of halogens is 1. The maximum atomic E-state index is 12.8. The Balaban J connectivity index is 1.98. The highest BCUT2D eigenvalue weighted by molar-refractivity contribution is 7.98. The van der Waals surface area contributed by atoms with Gasteiger partial charge in [0.05, 0.1) is 35.2 Å². The molecule has 0 aliphatic heterocycles. The SMILES string of the molecule is C[C@@H](O)Cn1c(SCc2ccc(C#N)cc2)nc2cc(Cl)ccc2c1=O. The molecule has 0 bridgehead atoms. The van der Waals surface area contributed by atoms with Crippen molar-refractivity contribution in [2.45, 2.75) is 30.5 Å². The Hall–Kier alpha value is -2.33. The minimum atomic E-state index is -0.673. The van der Waals surface area contributed by atoms with Crippen LogP contribution in [0.1, 0.15) is 18.1 Å². The first kappa shape index (κ1) is 18.5. The molecule has 3 aromatic rings. The zero-order valence-electron chi connectivity index (χ0n) is 14.0. The van der Waals surface area contributed by atoms with Crippen molar-refractivity contribution in [1.29, 1.82) is 5.26 Å². The van der Waals surface area contributed by atoms with Gasteiger partial charge in [-0.3, -0.25) is 9.36 Å². The number of rotatable bonds is 5. The number of fused-ring (bicyclic) bond motifs is 1. The molecule has 1 aromatic heterocycles. The molecule has 2 aromatic carbocycles. The van der Waals surface area contributed by atoms with Crippen molar-refractivity contribution in [2.24, 2.45) is 0 Å². The van der Waals surface area contributed by atoms with Crippen LogP contribution in [0.4, 0.5) is 0 Å². The topological polar surface area (TPSA) is 78.9 Å². The zero-order chi connectivity index (χ0) is 18.7. The third kappa shape index (κ3) is 4.07. The predicted octanol–water partition coefficient (Wildman–Crippen LogP) is 3.59. The summed E-state index contributed by atoms with van der Waals surface area (Å²) >= 11 is 7.43. The van der Waals surface area contributed by atoms with Gasteiger partial charge in [0.2, 0.25) is 0 Å². The number of nitrogens with zero attached hydrogens (tertiary/aromatic N) is 3. The summed E-state index contributed by atoms with van der Waals surface area (Å²) in [6.07, 6.45) is -0.673. The Morgan fingerprint density at radius 1 is 1.31 bits per heavy atom. The Kier molecular flexibility index (Phi) is 5.62. The lowest BCUT2D eigenvalue weighted by molar-refractivity contribution is 0.168. The van der Waals surface area contributed by atoms with E-state index in [9.17, 15) is 9.90 Å². The van der Waals surface area contributed by atoms with Crippen LogP contribution in [0, 0.1) is 11.3 Å². The molecule has 1 N–H and O–H groups in total. The number of benzene rings is 2. The molecular weight excluding hydrogens is 370 g/mol. The molecule has 0 radical (unpaired) electrons. The Labute approximate surface area is 159 Å². The average Bonchev–Trinajstić information content (AvgIpc) is 2.62. The number of nitriles is 1. The number of thioether (sulfide) groups is 1. The van der Waals surface area contributed by atoms with Crippen molar-refractivity contribution >= 4 is 34.3 Å². The van der Waals surface area contributed by atoms with Crippen molar-refractivity contribution in [1.82, 2.24) is 9.55 Å². The van der Waals surface area contributed by atoms with Gasteiger partial charge in [0, 0.05) is 10.8 Å². The zero-order valence-corrected chi connectivity index (χ0v) is 15.6. The van der Waals surface area contributed by atoms with E-state index in [1.165, 1.54) is 16.3 Å². The van der Waals surface area contributed by atoms with Gasteiger partial charge < -0.3 is 5.11 Å². The van der Waals surface area contributed by atoms with Crippen LogP contribution in [0.5, 0.6) is 0 Å². The Morgan fingerprint density at radius 3 is 2.69 bits per heavy atom. The van der Waals surface area contributed by atoms with E-state index in [-0.39, 0.29) is 12.1 Å². The fraction of sp³-hybridized carbons (Fsp3) is 0.211. The second kappa shape index (κ2) is 7.92. The second-order valence-electron chi connectivity index (χ2n) is 5.92. The van der Waals surface area contributed by atoms with Crippen molar-refractivity contribution in [2.75, 3.05) is 0 Å². The average molecular weight is 386 g/mol. The van der Waals surface area contributed by atoms with Gasteiger partial charge in [-0.2, -0.15) is 5.26 Å². The van der Waals surface area contributed by atoms with Gasteiger partial charge >= 0.3 is 0 Å². The smallest absolute Gasteiger partial charge is 0.262 e. The second-order valence-corrected chi connectivity index (χ2v) is 7.30. The predicted molar refractivity (Wildman–Crippen MR) is 103 cm³/mol. The van der Waals surface area contributed by atoms with Gasteiger partial charge in [0.15, 0.2) is 5.16 Å². The maximum Gasteiger partial charge on any atom is 0.262 e. The molecule has 0 fully saturated rings. The molecule has 0 saturated carbocycles. The van der Waals surface area contributed by atoms with E-state index < -0.39 is 6.10 Å². The number of aliphatic hydroxyl groups excluding tert-OH is 1. The van der Waals surface area contributed by atoms with E-state index in [2.05, 4.69) is 11.1 Å². The van der Waals surface area contributed by atoms with Crippen LogP contribution >= 0.6 is 23.4 Å². The molecule has 0 spiro atoms. The number of hydrogen-bond donors (Lipinski definition) is 1. The first-order chi connectivity index (χ1) is 12.5. The molecule has 0 unspecified atom stereocenters. The minimum Gasteiger partial charge on any atom is -0.392 e. The summed E-state index contributed by atoms with van der Waals surface area (Å²) in [6, 6.07) is 14.3. The van der Waals surface area contributed by atoms with E-state index in [1.807, 2.05) is 12.1 Å². The van der Waals surface area contributed by atoms with Gasteiger partial charge in [0.25, 0.3) is 5.56 Å². The number of hydrogen-bond acceptors (Lipinski definition) is 5. The molecule has 132 valence electrons. The molecule has 3 rings (SSSR count). The molecule has 7 heteroatoms. The summed E-state index contributed by atoms with van der Waals surface area (Å²) in [7, 11) is 0. The quantitative estimate of drug-likeness (QED) is 0.536. The molecule has 0 saturated heterocycles. The molecule has 0 aliphatic carbocycles. The maximum absolute atomic E-state index is 12.8. The Morgan fingerprint density at radius 2 is 2.04 bits per heavy atom. The van der Waals surface area contributed by atoms with Gasteiger partial charge in [-0.1, -0.05) is 35.5 Å². The molecule has 1 atom stereocenters. The summed E-state index contributed by atoms with van der Waals surface area (Å²) in [6.45, 7) is 1.80.